The quantitative estimate of drug-likeness (QED) is 0.693. The number of methoxy groups -OCH3 is 1. The summed E-state index contributed by atoms with van der Waals surface area (Å²) in [4.78, 5) is 13.0. The zero-order chi connectivity index (χ0) is 18.6. The van der Waals surface area contributed by atoms with Gasteiger partial charge in [0, 0.05) is 13.1 Å². The fourth-order valence-electron chi connectivity index (χ4n) is 3.38. The number of fused-ring (bicyclic) bond motifs is 1. The number of nitriles is 1. The molecule has 0 unspecified atom stereocenters. The lowest BCUT2D eigenvalue weighted by Crippen LogP contribution is -2.16. The Morgan fingerprint density at radius 1 is 1.26 bits per heavy atom. The number of nitrogens with one attached hydrogen (secondary N) is 1. The number of aromatic nitrogens is 4. The van der Waals surface area contributed by atoms with E-state index in [1.54, 1.807) is 13.4 Å². The molecule has 0 atom stereocenters. The van der Waals surface area contributed by atoms with Gasteiger partial charge < -0.3 is 14.6 Å². The summed E-state index contributed by atoms with van der Waals surface area (Å²) in [7, 11) is 1.66. The summed E-state index contributed by atoms with van der Waals surface area (Å²) < 4.78 is 7.23. The smallest absolute Gasteiger partial charge is 0.236 e. The van der Waals surface area contributed by atoms with Crippen LogP contribution in [0, 0.1) is 17.2 Å². The molecular weight excluding hydrogens is 340 g/mol. The van der Waals surface area contributed by atoms with Crippen molar-refractivity contribution in [3.63, 3.8) is 0 Å². The van der Waals surface area contributed by atoms with Crippen LogP contribution in [-0.4, -0.2) is 33.2 Å². The van der Waals surface area contributed by atoms with E-state index in [1.807, 2.05) is 34.9 Å². The van der Waals surface area contributed by atoms with Gasteiger partial charge in [0.25, 0.3) is 0 Å². The minimum atomic E-state index is 0.142. The van der Waals surface area contributed by atoms with Crippen LogP contribution in [0.5, 0.6) is 5.75 Å². The highest BCUT2D eigenvalue weighted by Gasteiger charge is 2.18. The van der Waals surface area contributed by atoms with Gasteiger partial charge in [-0.2, -0.15) is 15.2 Å². The number of hydrogen-bond acceptors (Lipinski definition) is 6. The normalized spacial score (nSPS) is 13.9. The zero-order valence-electron chi connectivity index (χ0n) is 15.4. The number of ether oxygens (including phenoxy) is 1. The second kappa shape index (κ2) is 7.62. The standard InChI is InChI=1S/C20H22N6O/c1-27-16-7-5-15(6-8-16)12-26-13-23-20-18(26)19(24-17(11-21)25-20)22-10-9-14-3-2-4-14/h5-8,13-14H,2-4,9-10,12H2,1H3,(H,22,24,25). The van der Waals surface area contributed by atoms with Crippen LogP contribution in [0.15, 0.2) is 30.6 Å². The van der Waals surface area contributed by atoms with E-state index < -0.39 is 0 Å². The molecule has 1 aliphatic rings. The molecule has 0 aliphatic heterocycles. The van der Waals surface area contributed by atoms with Gasteiger partial charge in [-0.3, -0.25) is 0 Å². The number of benzene rings is 1. The predicted molar refractivity (Wildman–Crippen MR) is 103 cm³/mol. The molecule has 27 heavy (non-hydrogen) atoms. The maximum absolute atomic E-state index is 9.22. The first kappa shape index (κ1) is 17.3. The second-order valence-electron chi connectivity index (χ2n) is 6.91. The lowest BCUT2D eigenvalue weighted by atomic mass is 9.83. The molecule has 7 heteroatoms. The molecule has 1 fully saturated rings. The third-order valence-corrected chi connectivity index (χ3v) is 5.15. The minimum absolute atomic E-state index is 0.142. The average Bonchev–Trinajstić information content (AvgIpc) is 3.07. The van der Waals surface area contributed by atoms with Gasteiger partial charge >= 0.3 is 0 Å². The lowest BCUT2D eigenvalue weighted by molar-refractivity contribution is 0.303. The molecule has 1 aliphatic carbocycles. The van der Waals surface area contributed by atoms with E-state index in [1.165, 1.54) is 19.3 Å². The summed E-state index contributed by atoms with van der Waals surface area (Å²) in [5, 5.41) is 12.6. The van der Waals surface area contributed by atoms with Gasteiger partial charge in [0.2, 0.25) is 5.82 Å². The van der Waals surface area contributed by atoms with Crippen molar-refractivity contribution in [2.45, 2.75) is 32.2 Å². The van der Waals surface area contributed by atoms with Gasteiger partial charge in [-0.05, 0) is 30.0 Å². The molecular formula is C20H22N6O. The molecule has 0 radical (unpaired) electrons. The summed E-state index contributed by atoms with van der Waals surface area (Å²) in [6.45, 7) is 1.49. The summed E-state index contributed by atoms with van der Waals surface area (Å²) in [6.07, 6.45) is 6.86. The summed E-state index contributed by atoms with van der Waals surface area (Å²) in [5.74, 6) is 2.47. The fourth-order valence-corrected chi connectivity index (χ4v) is 3.38. The predicted octanol–water partition coefficient (Wildman–Crippen LogP) is 3.36. The summed E-state index contributed by atoms with van der Waals surface area (Å²) in [5.41, 5.74) is 2.50. The van der Waals surface area contributed by atoms with E-state index in [-0.39, 0.29) is 5.82 Å². The van der Waals surface area contributed by atoms with E-state index in [0.717, 1.165) is 35.7 Å². The van der Waals surface area contributed by atoms with Crippen LogP contribution in [0.1, 0.15) is 37.1 Å². The van der Waals surface area contributed by atoms with Gasteiger partial charge in [0.15, 0.2) is 11.5 Å². The zero-order valence-corrected chi connectivity index (χ0v) is 15.4. The van der Waals surface area contributed by atoms with Crippen LogP contribution in [0.4, 0.5) is 5.82 Å². The summed E-state index contributed by atoms with van der Waals surface area (Å²) in [6, 6.07) is 9.96. The van der Waals surface area contributed by atoms with Crippen molar-refractivity contribution in [1.29, 1.82) is 5.26 Å². The topological polar surface area (TPSA) is 88.7 Å². The third-order valence-electron chi connectivity index (χ3n) is 5.15. The van der Waals surface area contributed by atoms with Gasteiger partial charge in [-0.1, -0.05) is 31.4 Å². The van der Waals surface area contributed by atoms with Crippen molar-refractivity contribution >= 4 is 17.0 Å². The molecule has 1 saturated carbocycles. The van der Waals surface area contributed by atoms with E-state index in [2.05, 4.69) is 20.3 Å². The molecule has 138 valence electrons. The van der Waals surface area contributed by atoms with E-state index in [0.29, 0.717) is 18.0 Å². The van der Waals surface area contributed by atoms with Crippen molar-refractivity contribution < 1.29 is 4.74 Å². The van der Waals surface area contributed by atoms with Crippen LogP contribution in [0.2, 0.25) is 0 Å². The highest BCUT2D eigenvalue weighted by molar-refractivity contribution is 5.83. The molecule has 0 bridgehead atoms. The third kappa shape index (κ3) is 3.70. The highest BCUT2D eigenvalue weighted by atomic mass is 16.5. The SMILES string of the molecule is COc1ccc(Cn2cnc3nc(C#N)nc(NCCC4CCC4)c32)cc1. The number of nitrogens with zero attached hydrogens (tertiary/aromatic N) is 5. The Hall–Kier alpha value is -3.14. The van der Waals surface area contributed by atoms with Crippen molar-refractivity contribution in [1.82, 2.24) is 19.5 Å². The first-order valence-corrected chi connectivity index (χ1v) is 9.26. The Morgan fingerprint density at radius 2 is 2.07 bits per heavy atom. The van der Waals surface area contributed by atoms with E-state index in [9.17, 15) is 5.26 Å². The molecule has 7 nitrogen and oxygen atoms in total. The van der Waals surface area contributed by atoms with Gasteiger partial charge in [0.05, 0.1) is 13.4 Å². The van der Waals surface area contributed by atoms with Gasteiger partial charge in [-0.25, -0.2) is 4.98 Å². The molecule has 1 aromatic carbocycles. The molecule has 0 saturated heterocycles. The molecule has 2 aromatic heterocycles. The first-order chi connectivity index (χ1) is 13.3. The summed E-state index contributed by atoms with van der Waals surface area (Å²) >= 11 is 0. The van der Waals surface area contributed by atoms with Crippen LogP contribution in [0.25, 0.3) is 11.2 Å². The fraction of sp³-hybridized carbons (Fsp3) is 0.400. The Balaban J connectivity index is 1.60. The Morgan fingerprint density at radius 3 is 2.74 bits per heavy atom. The van der Waals surface area contributed by atoms with Crippen LogP contribution in [0.3, 0.4) is 0 Å². The van der Waals surface area contributed by atoms with Crippen molar-refractivity contribution in [2.75, 3.05) is 19.0 Å². The van der Waals surface area contributed by atoms with Gasteiger partial charge in [-0.15, -0.1) is 0 Å². The van der Waals surface area contributed by atoms with Crippen LogP contribution < -0.4 is 10.1 Å². The maximum Gasteiger partial charge on any atom is 0.236 e. The molecule has 0 amide bonds. The molecule has 0 spiro atoms. The number of anilines is 1. The Labute approximate surface area is 158 Å². The Kier molecular flexibility index (Phi) is 4.88. The van der Waals surface area contributed by atoms with Gasteiger partial charge in [0.1, 0.15) is 17.3 Å². The van der Waals surface area contributed by atoms with Crippen LogP contribution >= 0.6 is 0 Å². The molecule has 1 N–H and O–H groups in total. The minimum Gasteiger partial charge on any atom is -0.497 e. The highest BCUT2D eigenvalue weighted by Crippen LogP contribution is 2.29. The van der Waals surface area contributed by atoms with E-state index >= 15 is 0 Å². The Bertz CT molecular complexity index is 969. The number of rotatable bonds is 7. The first-order valence-electron chi connectivity index (χ1n) is 9.26. The average molecular weight is 362 g/mol. The second-order valence-corrected chi connectivity index (χ2v) is 6.91. The molecule has 4 rings (SSSR count). The van der Waals surface area contributed by atoms with Crippen molar-refractivity contribution in [3.8, 4) is 11.8 Å². The van der Waals surface area contributed by atoms with Crippen molar-refractivity contribution in [2.24, 2.45) is 5.92 Å². The lowest BCUT2D eigenvalue weighted by Gasteiger charge is -2.25. The molecule has 3 aromatic rings. The van der Waals surface area contributed by atoms with Crippen molar-refractivity contribution in [3.05, 3.63) is 42.0 Å². The van der Waals surface area contributed by atoms with E-state index in [4.69, 9.17) is 4.74 Å². The number of hydrogen-bond donors (Lipinski definition) is 1. The van der Waals surface area contributed by atoms with Crippen LogP contribution in [-0.2, 0) is 6.54 Å². The largest absolute Gasteiger partial charge is 0.497 e. The number of imidazole rings is 1. The monoisotopic (exact) mass is 362 g/mol. The molecule has 2 heterocycles. The maximum atomic E-state index is 9.22.